The van der Waals surface area contributed by atoms with Gasteiger partial charge in [0, 0.05) is 5.56 Å². The average molecular weight is 205 g/mol. The number of aliphatic imine (C=N–C) groups is 1. The van der Waals surface area contributed by atoms with Gasteiger partial charge in [-0.2, -0.15) is 0 Å². The van der Waals surface area contributed by atoms with E-state index in [2.05, 4.69) is 18.3 Å². The van der Waals surface area contributed by atoms with Crippen LogP contribution in [0.1, 0.15) is 38.8 Å². The summed E-state index contributed by atoms with van der Waals surface area (Å²) in [6, 6.07) is 5.93. The highest BCUT2D eigenvalue weighted by Gasteiger charge is 1.97. The van der Waals surface area contributed by atoms with Crippen molar-refractivity contribution in [2.45, 2.75) is 34.6 Å². The van der Waals surface area contributed by atoms with Crippen LogP contribution in [0, 0.1) is 6.92 Å². The van der Waals surface area contributed by atoms with Crippen LogP contribution in [0.3, 0.4) is 0 Å². The monoisotopic (exact) mass is 205 g/mol. The zero-order valence-corrected chi connectivity index (χ0v) is 10.7. The minimum Gasteiger partial charge on any atom is -0.264 e. The fraction of sp³-hybridized carbons (Fsp3) is 0.357. The zero-order valence-electron chi connectivity index (χ0n) is 10.7. The summed E-state index contributed by atoms with van der Waals surface area (Å²) < 4.78 is 0. The average Bonchev–Trinajstić information content (AvgIpc) is 2.33. The van der Waals surface area contributed by atoms with E-state index < -0.39 is 0 Å². The van der Waals surface area contributed by atoms with Gasteiger partial charge < -0.3 is 0 Å². The standard InChI is InChI=1S/C10H11N.2C2H6/c1-4-9-8(2)6-5-7-10(9)11-3;2*1-2/h4-7H,1,3H2,2H3;2*1-2H3. The predicted octanol–water partition coefficient (Wildman–Crippen LogP) is 5.02. The van der Waals surface area contributed by atoms with Crippen LogP contribution >= 0.6 is 0 Å². The van der Waals surface area contributed by atoms with E-state index in [0.717, 1.165) is 11.3 Å². The van der Waals surface area contributed by atoms with E-state index in [1.807, 2.05) is 52.8 Å². The SMILES string of the molecule is C=Cc1c(C)cccc1N=C.CC.CC. The van der Waals surface area contributed by atoms with Crippen LogP contribution < -0.4 is 0 Å². The second kappa shape index (κ2) is 10.7. The Kier molecular flexibility index (Phi) is 11.5. The Balaban J connectivity index is 0. The van der Waals surface area contributed by atoms with Gasteiger partial charge in [0.25, 0.3) is 0 Å². The molecular formula is C14H23N. The second-order valence-corrected chi connectivity index (χ2v) is 2.37. The molecule has 1 aromatic carbocycles. The lowest BCUT2D eigenvalue weighted by atomic mass is 10.1. The maximum Gasteiger partial charge on any atom is 0.0697 e. The molecular weight excluding hydrogens is 182 g/mol. The largest absolute Gasteiger partial charge is 0.264 e. The molecule has 0 aliphatic heterocycles. The molecule has 0 atom stereocenters. The minimum absolute atomic E-state index is 0.903. The van der Waals surface area contributed by atoms with Crippen LogP contribution in [0.2, 0.25) is 0 Å². The van der Waals surface area contributed by atoms with Crippen LogP contribution in [0.25, 0.3) is 6.08 Å². The summed E-state index contributed by atoms with van der Waals surface area (Å²) in [5, 5.41) is 0. The van der Waals surface area contributed by atoms with Crippen molar-refractivity contribution in [1.29, 1.82) is 0 Å². The molecule has 0 heterocycles. The van der Waals surface area contributed by atoms with E-state index >= 15 is 0 Å². The van der Waals surface area contributed by atoms with Crippen molar-refractivity contribution in [1.82, 2.24) is 0 Å². The van der Waals surface area contributed by atoms with Gasteiger partial charge in [0.05, 0.1) is 5.69 Å². The Morgan fingerprint density at radius 2 is 1.67 bits per heavy atom. The van der Waals surface area contributed by atoms with Gasteiger partial charge in [-0.25, -0.2) is 0 Å². The van der Waals surface area contributed by atoms with E-state index in [-0.39, 0.29) is 0 Å². The zero-order chi connectivity index (χ0) is 12.3. The lowest BCUT2D eigenvalue weighted by Gasteiger charge is -2.02. The van der Waals surface area contributed by atoms with Crippen LogP contribution in [-0.4, -0.2) is 6.72 Å². The summed E-state index contributed by atoms with van der Waals surface area (Å²) in [6.45, 7) is 17.2. The molecule has 1 rings (SSSR count). The summed E-state index contributed by atoms with van der Waals surface area (Å²) in [4.78, 5) is 3.88. The third kappa shape index (κ3) is 5.16. The van der Waals surface area contributed by atoms with Gasteiger partial charge in [0.1, 0.15) is 0 Å². The molecule has 1 aromatic rings. The molecule has 0 radical (unpaired) electrons. The summed E-state index contributed by atoms with van der Waals surface area (Å²) in [5.74, 6) is 0. The van der Waals surface area contributed by atoms with Gasteiger partial charge >= 0.3 is 0 Å². The van der Waals surface area contributed by atoms with Crippen molar-refractivity contribution in [3.8, 4) is 0 Å². The van der Waals surface area contributed by atoms with Crippen molar-refractivity contribution < 1.29 is 0 Å². The van der Waals surface area contributed by atoms with Crippen LogP contribution in [-0.2, 0) is 0 Å². The number of hydrogen-bond acceptors (Lipinski definition) is 1. The van der Waals surface area contributed by atoms with Crippen molar-refractivity contribution in [2.24, 2.45) is 4.99 Å². The highest BCUT2D eigenvalue weighted by molar-refractivity contribution is 5.67. The molecule has 1 heteroatoms. The smallest absolute Gasteiger partial charge is 0.0697 e. The first-order valence-corrected chi connectivity index (χ1v) is 5.48. The van der Waals surface area contributed by atoms with Gasteiger partial charge in [0.15, 0.2) is 0 Å². The van der Waals surface area contributed by atoms with Crippen LogP contribution in [0.4, 0.5) is 5.69 Å². The second-order valence-electron chi connectivity index (χ2n) is 2.37. The molecule has 0 bridgehead atoms. The van der Waals surface area contributed by atoms with Gasteiger partial charge in [-0.05, 0) is 25.3 Å². The lowest BCUT2D eigenvalue weighted by Crippen LogP contribution is -1.79. The Bertz CT molecular complexity index is 287. The molecule has 0 unspecified atom stereocenters. The van der Waals surface area contributed by atoms with E-state index in [4.69, 9.17) is 0 Å². The number of rotatable bonds is 2. The quantitative estimate of drug-likeness (QED) is 0.601. The van der Waals surface area contributed by atoms with Gasteiger partial charge in [-0.1, -0.05) is 52.5 Å². The minimum atomic E-state index is 0.903. The molecule has 84 valence electrons. The first-order valence-electron chi connectivity index (χ1n) is 5.48. The molecule has 0 fully saturated rings. The Morgan fingerprint density at radius 3 is 2.00 bits per heavy atom. The highest BCUT2D eigenvalue weighted by Crippen LogP contribution is 2.22. The summed E-state index contributed by atoms with van der Waals surface area (Å²) in [6.07, 6.45) is 1.80. The van der Waals surface area contributed by atoms with E-state index in [9.17, 15) is 0 Å². The van der Waals surface area contributed by atoms with Crippen LogP contribution in [0.5, 0.6) is 0 Å². The van der Waals surface area contributed by atoms with Crippen molar-refractivity contribution in [3.63, 3.8) is 0 Å². The molecule has 0 spiro atoms. The maximum absolute atomic E-state index is 3.88. The Morgan fingerprint density at radius 1 is 1.13 bits per heavy atom. The fourth-order valence-electron chi connectivity index (χ4n) is 1.07. The molecule has 15 heavy (non-hydrogen) atoms. The molecule has 0 aromatic heterocycles. The Labute approximate surface area is 94.6 Å². The molecule has 1 nitrogen and oxygen atoms in total. The number of nitrogens with zero attached hydrogens (tertiary/aromatic N) is 1. The molecule has 0 aliphatic rings. The van der Waals surface area contributed by atoms with Crippen molar-refractivity contribution >= 4 is 18.5 Å². The van der Waals surface area contributed by atoms with Gasteiger partial charge in [0.2, 0.25) is 0 Å². The topological polar surface area (TPSA) is 12.4 Å². The maximum atomic E-state index is 3.88. The number of aryl methyl sites for hydroxylation is 1. The fourth-order valence-corrected chi connectivity index (χ4v) is 1.07. The van der Waals surface area contributed by atoms with Crippen LogP contribution in [0.15, 0.2) is 29.8 Å². The number of hydrogen-bond donors (Lipinski definition) is 0. The third-order valence-electron chi connectivity index (χ3n) is 1.68. The lowest BCUT2D eigenvalue weighted by molar-refractivity contribution is 1.41. The highest BCUT2D eigenvalue weighted by atomic mass is 14.7. The van der Waals surface area contributed by atoms with Gasteiger partial charge in [-0.3, -0.25) is 4.99 Å². The van der Waals surface area contributed by atoms with E-state index in [1.165, 1.54) is 5.56 Å². The summed E-state index contributed by atoms with van der Waals surface area (Å²) in [5.41, 5.74) is 3.16. The Hall–Kier alpha value is -1.37. The normalized spacial score (nSPS) is 7.53. The first kappa shape index (κ1) is 16.1. The molecule has 0 N–H and O–H groups in total. The molecule has 0 aliphatic carbocycles. The van der Waals surface area contributed by atoms with E-state index in [0.29, 0.717) is 0 Å². The molecule has 0 saturated carbocycles. The summed E-state index contributed by atoms with van der Waals surface area (Å²) >= 11 is 0. The van der Waals surface area contributed by atoms with E-state index in [1.54, 1.807) is 6.08 Å². The first-order chi connectivity index (χ1) is 7.29. The number of benzene rings is 1. The van der Waals surface area contributed by atoms with Gasteiger partial charge in [-0.15, -0.1) is 0 Å². The molecule has 0 amide bonds. The predicted molar refractivity (Wildman–Crippen MR) is 73.2 cm³/mol. The summed E-state index contributed by atoms with van der Waals surface area (Å²) in [7, 11) is 0. The van der Waals surface area contributed by atoms with Crippen molar-refractivity contribution in [3.05, 3.63) is 35.9 Å². The molecule has 0 saturated heterocycles. The van der Waals surface area contributed by atoms with Crippen molar-refractivity contribution in [2.75, 3.05) is 0 Å². The third-order valence-corrected chi connectivity index (χ3v) is 1.68.